The van der Waals surface area contributed by atoms with Crippen LogP contribution in [-0.4, -0.2) is 16.1 Å². The van der Waals surface area contributed by atoms with Crippen LogP contribution in [0.3, 0.4) is 0 Å². The van der Waals surface area contributed by atoms with Crippen molar-refractivity contribution in [2.24, 2.45) is 0 Å². The maximum Gasteiger partial charge on any atom is 0.338 e. The van der Waals surface area contributed by atoms with Crippen LogP contribution in [0.15, 0.2) is 52.1 Å². The van der Waals surface area contributed by atoms with Gasteiger partial charge in [0.25, 0.3) is 0 Å². The van der Waals surface area contributed by atoms with E-state index < -0.39 is 5.97 Å². The Labute approximate surface area is 117 Å². The molecule has 0 spiro atoms. The largest absolute Gasteiger partial charge is 0.478 e. The van der Waals surface area contributed by atoms with Crippen LogP contribution in [0.2, 0.25) is 0 Å². The van der Waals surface area contributed by atoms with E-state index in [0.29, 0.717) is 15.3 Å². The molecule has 0 saturated heterocycles. The molecule has 1 aromatic heterocycles. The Balaban J connectivity index is 2.17. The Morgan fingerprint density at radius 2 is 2.06 bits per heavy atom. The van der Waals surface area contributed by atoms with E-state index in [-0.39, 0.29) is 5.56 Å². The Bertz CT molecular complexity index is 560. The van der Waals surface area contributed by atoms with Gasteiger partial charge in [0, 0.05) is 16.4 Å². The smallest absolute Gasteiger partial charge is 0.338 e. The molecule has 0 saturated carbocycles. The molecule has 0 fully saturated rings. The number of pyridine rings is 1. The first-order valence-corrected chi connectivity index (χ1v) is 7.00. The molecule has 2 rings (SSSR count). The number of rotatable bonds is 4. The van der Waals surface area contributed by atoms with Gasteiger partial charge in [-0.2, -0.15) is 0 Å². The van der Waals surface area contributed by atoms with E-state index >= 15 is 0 Å². The summed E-state index contributed by atoms with van der Waals surface area (Å²) in [4.78, 5) is 15.3. The standard InChI is InChI=1S/C13H10BrNO2S/c14-10-6-11(13(16)17)12(15-7-10)18-8-9-4-2-1-3-5-9/h1-7H,8H2,(H,16,17). The van der Waals surface area contributed by atoms with Crippen LogP contribution >= 0.6 is 27.7 Å². The quantitative estimate of drug-likeness (QED) is 0.868. The maximum atomic E-state index is 11.1. The third-order valence-electron chi connectivity index (χ3n) is 2.27. The minimum Gasteiger partial charge on any atom is -0.478 e. The van der Waals surface area contributed by atoms with Crippen LogP contribution in [0, 0.1) is 0 Å². The zero-order valence-corrected chi connectivity index (χ0v) is 11.7. The van der Waals surface area contributed by atoms with E-state index in [1.807, 2.05) is 30.3 Å². The molecular formula is C13H10BrNO2S. The van der Waals surface area contributed by atoms with Crippen LogP contribution in [-0.2, 0) is 5.75 Å². The average molecular weight is 324 g/mol. The lowest BCUT2D eigenvalue weighted by Gasteiger charge is -2.05. The van der Waals surface area contributed by atoms with Crippen molar-refractivity contribution in [3.05, 3.63) is 58.2 Å². The van der Waals surface area contributed by atoms with Crippen molar-refractivity contribution in [1.82, 2.24) is 4.98 Å². The van der Waals surface area contributed by atoms with Gasteiger partial charge in [-0.3, -0.25) is 0 Å². The van der Waals surface area contributed by atoms with E-state index in [2.05, 4.69) is 20.9 Å². The number of thioether (sulfide) groups is 1. The van der Waals surface area contributed by atoms with Crippen LogP contribution < -0.4 is 0 Å². The van der Waals surface area contributed by atoms with Crippen molar-refractivity contribution in [1.29, 1.82) is 0 Å². The minimum atomic E-state index is -0.959. The third kappa shape index (κ3) is 3.34. The van der Waals surface area contributed by atoms with Crippen LogP contribution in [0.1, 0.15) is 15.9 Å². The summed E-state index contributed by atoms with van der Waals surface area (Å²) >= 11 is 4.65. The molecule has 92 valence electrons. The number of carbonyl (C=O) groups is 1. The number of nitrogens with zero attached hydrogens (tertiary/aromatic N) is 1. The number of halogens is 1. The van der Waals surface area contributed by atoms with Crippen molar-refractivity contribution in [3.8, 4) is 0 Å². The predicted molar refractivity (Wildman–Crippen MR) is 74.9 cm³/mol. The van der Waals surface area contributed by atoms with E-state index in [9.17, 15) is 4.79 Å². The zero-order chi connectivity index (χ0) is 13.0. The van der Waals surface area contributed by atoms with Gasteiger partial charge in [0.2, 0.25) is 0 Å². The van der Waals surface area contributed by atoms with Crippen molar-refractivity contribution >= 4 is 33.7 Å². The second kappa shape index (κ2) is 6.02. The van der Waals surface area contributed by atoms with Gasteiger partial charge in [-0.1, -0.05) is 30.3 Å². The molecule has 0 radical (unpaired) electrons. The summed E-state index contributed by atoms with van der Waals surface area (Å²) in [6.07, 6.45) is 1.61. The monoisotopic (exact) mass is 323 g/mol. The molecule has 1 aromatic carbocycles. The summed E-state index contributed by atoms with van der Waals surface area (Å²) in [6, 6.07) is 11.5. The Hall–Kier alpha value is -1.33. The second-order valence-electron chi connectivity index (χ2n) is 3.59. The molecule has 0 unspecified atom stereocenters. The van der Waals surface area contributed by atoms with E-state index in [4.69, 9.17) is 5.11 Å². The number of carboxylic acid groups (broad SMARTS) is 1. The van der Waals surface area contributed by atoms with Gasteiger partial charge in [0.1, 0.15) is 5.03 Å². The summed E-state index contributed by atoms with van der Waals surface area (Å²) in [5.74, 6) is -0.255. The first-order chi connectivity index (χ1) is 8.66. The van der Waals surface area contributed by atoms with Gasteiger partial charge in [-0.15, -0.1) is 11.8 Å². The predicted octanol–water partition coefficient (Wildman–Crippen LogP) is 3.83. The Kier molecular flexibility index (Phi) is 4.38. The molecule has 1 heterocycles. The molecule has 0 atom stereocenters. The summed E-state index contributed by atoms with van der Waals surface area (Å²) in [6.45, 7) is 0. The third-order valence-corrected chi connectivity index (χ3v) is 3.78. The van der Waals surface area contributed by atoms with Gasteiger partial charge in [0.15, 0.2) is 0 Å². The molecule has 18 heavy (non-hydrogen) atoms. The molecule has 0 bridgehead atoms. The Morgan fingerprint density at radius 3 is 2.72 bits per heavy atom. The maximum absolute atomic E-state index is 11.1. The SMILES string of the molecule is O=C(O)c1cc(Br)cnc1SCc1ccccc1. The van der Waals surface area contributed by atoms with Gasteiger partial charge < -0.3 is 5.11 Å². The summed E-state index contributed by atoms with van der Waals surface area (Å²) in [5.41, 5.74) is 1.37. The van der Waals surface area contributed by atoms with E-state index in [1.165, 1.54) is 11.8 Å². The van der Waals surface area contributed by atoms with Crippen LogP contribution in [0.25, 0.3) is 0 Å². The van der Waals surface area contributed by atoms with Crippen molar-refractivity contribution < 1.29 is 9.90 Å². The highest BCUT2D eigenvalue weighted by Gasteiger charge is 2.12. The molecule has 0 aliphatic carbocycles. The fraction of sp³-hybridized carbons (Fsp3) is 0.0769. The van der Waals surface area contributed by atoms with Gasteiger partial charge in [0.05, 0.1) is 5.56 Å². The van der Waals surface area contributed by atoms with Crippen molar-refractivity contribution in [2.75, 3.05) is 0 Å². The number of hydrogen-bond donors (Lipinski definition) is 1. The second-order valence-corrected chi connectivity index (χ2v) is 5.47. The fourth-order valence-corrected chi connectivity index (χ4v) is 2.68. The van der Waals surface area contributed by atoms with Crippen molar-refractivity contribution in [3.63, 3.8) is 0 Å². The highest BCUT2D eigenvalue weighted by atomic mass is 79.9. The summed E-state index contributed by atoms with van der Waals surface area (Å²) in [5, 5.41) is 9.65. The highest BCUT2D eigenvalue weighted by Crippen LogP contribution is 2.26. The minimum absolute atomic E-state index is 0.227. The molecule has 5 heteroatoms. The molecular weight excluding hydrogens is 314 g/mol. The van der Waals surface area contributed by atoms with Crippen LogP contribution in [0.5, 0.6) is 0 Å². The lowest BCUT2D eigenvalue weighted by Crippen LogP contribution is -2.01. The lowest BCUT2D eigenvalue weighted by atomic mass is 10.2. The van der Waals surface area contributed by atoms with Gasteiger partial charge >= 0.3 is 5.97 Å². The summed E-state index contributed by atoms with van der Waals surface area (Å²) in [7, 11) is 0. The number of benzene rings is 1. The molecule has 3 nitrogen and oxygen atoms in total. The molecule has 2 aromatic rings. The Morgan fingerprint density at radius 1 is 1.33 bits per heavy atom. The molecule has 1 N–H and O–H groups in total. The van der Waals surface area contributed by atoms with Crippen molar-refractivity contribution in [2.45, 2.75) is 10.8 Å². The topological polar surface area (TPSA) is 50.2 Å². The van der Waals surface area contributed by atoms with Gasteiger partial charge in [-0.25, -0.2) is 9.78 Å². The summed E-state index contributed by atoms with van der Waals surface area (Å²) < 4.78 is 0.670. The number of hydrogen-bond acceptors (Lipinski definition) is 3. The van der Waals surface area contributed by atoms with Crippen LogP contribution in [0.4, 0.5) is 0 Å². The van der Waals surface area contributed by atoms with E-state index in [0.717, 1.165) is 5.56 Å². The lowest BCUT2D eigenvalue weighted by molar-refractivity contribution is 0.0692. The molecule has 0 aliphatic heterocycles. The molecule has 0 aliphatic rings. The zero-order valence-electron chi connectivity index (χ0n) is 9.34. The highest BCUT2D eigenvalue weighted by molar-refractivity contribution is 9.10. The first-order valence-electron chi connectivity index (χ1n) is 5.22. The average Bonchev–Trinajstić information content (AvgIpc) is 2.38. The first kappa shape index (κ1) is 13.1. The van der Waals surface area contributed by atoms with Gasteiger partial charge in [-0.05, 0) is 27.6 Å². The molecule has 0 amide bonds. The normalized spacial score (nSPS) is 10.3. The number of carboxylic acids is 1. The number of aromatic carboxylic acids is 1. The number of aromatic nitrogens is 1. The fourth-order valence-electron chi connectivity index (χ4n) is 1.42. The van der Waals surface area contributed by atoms with E-state index in [1.54, 1.807) is 12.3 Å².